The van der Waals surface area contributed by atoms with E-state index in [-0.39, 0.29) is 29.3 Å². The molecule has 33 heavy (non-hydrogen) atoms. The molecule has 1 saturated heterocycles. The van der Waals surface area contributed by atoms with Gasteiger partial charge in [-0.1, -0.05) is 11.8 Å². The molecule has 0 radical (unpaired) electrons. The number of thioether (sulfide) groups is 1. The largest absolute Gasteiger partial charge is 0.376 e. The minimum absolute atomic E-state index is 0.0260. The minimum Gasteiger partial charge on any atom is -0.376 e. The predicted molar refractivity (Wildman–Crippen MR) is 122 cm³/mol. The topological polar surface area (TPSA) is 103 Å². The van der Waals surface area contributed by atoms with Gasteiger partial charge < -0.3 is 9.64 Å². The van der Waals surface area contributed by atoms with Crippen molar-refractivity contribution in [2.75, 3.05) is 24.3 Å². The number of carbonyl (C=O) groups excluding carboxylic acids is 1. The number of hydrogen-bond acceptors (Lipinski definition) is 7. The van der Waals surface area contributed by atoms with Gasteiger partial charge in [0, 0.05) is 37.0 Å². The first kappa shape index (κ1) is 22.9. The van der Waals surface area contributed by atoms with Gasteiger partial charge in [-0.25, -0.2) is 4.39 Å². The first-order valence-electron chi connectivity index (χ1n) is 10.4. The van der Waals surface area contributed by atoms with Gasteiger partial charge in [0.2, 0.25) is 5.91 Å². The molecular formula is C22H22FN5O4S. The molecule has 0 spiro atoms. The number of aromatic nitrogens is 3. The molecule has 0 aliphatic carbocycles. The number of non-ortho nitro benzene ring substituents is 1. The Kier molecular flexibility index (Phi) is 6.99. The number of amides is 1. The maximum Gasteiger partial charge on any atom is 0.269 e. The van der Waals surface area contributed by atoms with Crippen molar-refractivity contribution in [3.05, 3.63) is 64.5 Å². The lowest BCUT2D eigenvalue weighted by molar-refractivity contribution is -0.384. The molecule has 1 unspecified atom stereocenters. The lowest BCUT2D eigenvalue weighted by atomic mass is 10.2. The Morgan fingerprint density at radius 2 is 1.97 bits per heavy atom. The van der Waals surface area contributed by atoms with E-state index >= 15 is 0 Å². The molecule has 3 aromatic rings. The highest BCUT2D eigenvalue weighted by Gasteiger charge is 2.23. The number of hydrogen-bond donors (Lipinski definition) is 0. The van der Waals surface area contributed by atoms with Gasteiger partial charge in [-0.2, -0.15) is 0 Å². The molecule has 2 heterocycles. The normalized spacial score (nSPS) is 15.5. The number of rotatable bonds is 8. The Balaban J connectivity index is 1.50. The zero-order valence-corrected chi connectivity index (χ0v) is 18.7. The van der Waals surface area contributed by atoms with Crippen molar-refractivity contribution in [3.8, 4) is 11.4 Å². The van der Waals surface area contributed by atoms with Gasteiger partial charge in [-0.3, -0.25) is 19.5 Å². The lowest BCUT2D eigenvalue weighted by Crippen LogP contribution is -2.28. The van der Waals surface area contributed by atoms with Gasteiger partial charge in [0.15, 0.2) is 11.0 Å². The van der Waals surface area contributed by atoms with Crippen LogP contribution in [0, 0.1) is 15.9 Å². The standard InChI is InChI=1S/C22H22FN5O4S/c1-26(17-8-10-18(11-9-17)28(30)31)20(29)14-33-22-25-24-21(15-4-6-16(23)7-5-15)27(22)13-19-3-2-12-32-19/h4-11,19H,2-3,12-14H2,1H3. The van der Waals surface area contributed by atoms with Crippen LogP contribution >= 0.6 is 11.8 Å². The second-order valence-corrected chi connectivity index (χ2v) is 8.52. The molecule has 1 amide bonds. The van der Waals surface area contributed by atoms with Crippen LogP contribution in [0.3, 0.4) is 0 Å². The van der Waals surface area contributed by atoms with Gasteiger partial charge in [-0.05, 0) is 49.2 Å². The third kappa shape index (κ3) is 5.37. The van der Waals surface area contributed by atoms with Crippen LogP contribution in [0.4, 0.5) is 15.8 Å². The van der Waals surface area contributed by atoms with Crippen LogP contribution in [-0.4, -0.2) is 51.1 Å². The third-order valence-electron chi connectivity index (χ3n) is 5.38. The van der Waals surface area contributed by atoms with Gasteiger partial charge >= 0.3 is 0 Å². The third-order valence-corrected chi connectivity index (χ3v) is 6.33. The second kappa shape index (κ2) is 10.1. The van der Waals surface area contributed by atoms with Crippen LogP contribution in [0.1, 0.15) is 12.8 Å². The highest BCUT2D eigenvalue weighted by Crippen LogP contribution is 2.27. The summed E-state index contributed by atoms with van der Waals surface area (Å²) in [5.74, 6) is 0.159. The molecule has 1 aromatic heterocycles. The average molecular weight is 472 g/mol. The number of carbonyl (C=O) groups is 1. The van der Waals surface area contributed by atoms with Crippen LogP contribution in [0.15, 0.2) is 53.7 Å². The summed E-state index contributed by atoms with van der Waals surface area (Å²) in [5.41, 5.74) is 1.24. The monoisotopic (exact) mass is 471 g/mol. The second-order valence-electron chi connectivity index (χ2n) is 7.57. The van der Waals surface area contributed by atoms with E-state index in [0.29, 0.717) is 29.8 Å². The number of nitro benzene ring substituents is 1. The Hall–Kier alpha value is -3.31. The van der Waals surface area contributed by atoms with Crippen molar-refractivity contribution in [1.82, 2.24) is 14.8 Å². The average Bonchev–Trinajstić information content (AvgIpc) is 3.48. The van der Waals surface area contributed by atoms with Gasteiger partial charge in [0.05, 0.1) is 23.3 Å². The molecule has 0 N–H and O–H groups in total. The molecule has 1 atom stereocenters. The van der Waals surface area contributed by atoms with Gasteiger partial charge in [0.25, 0.3) is 5.69 Å². The molecule has 11 heteroatoms. The molecule has 172 valence electrons. The summed E-state index contributed by atoms with van der Waals surface area (Å²) in [6.45, 7) is 1.24. The summed E-state index contributed by atoms with van der Waals surface area (Å²) in [4.78, 5) is 24.5. The summed E-state index contributed by atoms with van der Waals surface area (Å²) < 4.78 is 21.1. The fourth-order valence-electron chi connectivity index (χ4n) is 3.53. The van der Waals surface area contributed by atoms with Crippen LogP contribution in [0.5, 0.6) is 0 Å². The Bertz CT molecular complexity index is 1130. The van der Waals surface area contributed by atoms with Gasteiger partial charge in [-0.15, -0.1) is 10.2 Å². The molecule has 1 aliphatic heterocycles. The maximum atomic E-state index is 13.4. The molecule has 2 aromatic carbocycles. The SMILES string of the molecule is CN(C(=O)CSc1nnc(-c2ccc(F)cc2)n1CC1CCCO1)c1ccc([N+](=O)[O-])cc1. The van der Waals surface area contributed by atoms with Crippen molar-refractivity contribution in [2.45, 2.75) is 30.6 Å². The molecule has 4 rings (SSSR count). The van der Waals surface area contributed by atoms with Crippen molar-refractivity contribution in [2.24, 2.45) is 0 Å². The molecule has 1 aliphatic rings. The summed E-state index contributed by atoms with van der Waals surface area (Å²) in [7, 11) is 1.62. The van der Waals surface area contributed by atoms with E-state index in [1.165, 1.54) is 53.1 Å². The quantitative estimate of drug-likeness (QED) is 0.279. The first-order valence-corrected chi connectivity index (χ1v) is 11.4. The van der Waals surface area contributed by atoms with Crippen molar-refractivity contribution >= 4 is 29.0 Å². The van der Waals surface area contributed by atoms with E-state index in [1.54, 1.807) is 19.2 Å². The zero-order valence-electron chi connectivity index (χ0n) is 17.9. The van der Waals surface area contributed by atoms with Gasteiger partial charge in [0.1, 0.15) is 5.82 Å². The molecule has 9 nitrogen and oxygen atoms in total. The van der Waals surface area contributed by atoms with Crippen molar-refractivity contribution < 1.29 is 18.8 Å². The number of halogens is 1. The van der Waals surface area contributed by atoms with Crippen molar-refractivity contribution in [3.63, 3.8) is 0 Å². The van der Waals surface area contributed by atoms with E-state index in [2.05, 4.69) is 10.2 Å². The van der Waals surface area contributed by atoms with E-state index in [9.17, 15) is 19.3 Å². The molecule has 1 fully saturated rings. The number of nitro groups is 1. The summed E-state index contributed by atoms with van der Waals surface area (Å²) in [6.07, 6.45) is 1.94. The summed E-state index contributed by atoms with van der Waals surface area (Å²) >= 11 is 1.25. The fraction of sp³-hybridized carbons (Fsp3) is 0.318. The van der Waals surface area contributed by atoms with Crippen LogP contribution in [0.2, 0.25) is 0 Å². The predicted octanol–water partition coefficient (Wildman–Crippen LogP) is 3.93. The molecule has 0 bridgehead atoms. The Morgan fingerprint density at radius 1 is 1.24 bits per heavy atom. The van der Waals surface area contributed by atoms with Crippen LogP contribution in [0.25, 0.3) is 11.4 Å². The van der Waals surface area contributed by atoms with Crippen molar-refractivity contribution in [1.29, 1.82) is 0 Å². The van der Waals surface area contributed by atoms with Crippen LogP contribution in [-0.2, 0) is 16.1 Å². The summed E-state index contributed by atoms with van der Waals surface area (Å²) in [6, 6.07) is 11.8. The van der Waals surface area contributed by atoms with E-state index in [4.69, 9.17) is 4.74 Å². The number of benzene rings is 2. The Labute approximate surface area is 193 Å². The maximum absolute atomic E-state index is 13.4. The fourth-order valence-corrected chi connectivity index (χ4v) is 4.39. The Morgan fingerprint density at radius 3 is 2.61 bits per heavy atom. The van der Waals surface area contributed by atoms with E-state index < -0.39 is 4.92 Å². The highest BCUT2D eigenvalue weighted by atomic mass is 32.2. The van der Waals surface area contributed by atoms with E-state index in [1.807, 2.05) is 4.57 Å². The molecule has 0 saturated carbocycles. The number of ether oxygens (including phenoxy) is 1. The first-order chi connectivity index (χ1) is 15.9. The molecular weight excluding hydrogens is 449 g/mol. The lowest BCUT2D eigenvalue weighted by Gasteiger charge is -2.18. The summed E-state index contributed by atoms with van der Waals surface area (Å²) in [5, 5.41) is 20.0. The number of nitrogens with zero attached hydrogens (tertiary/aromatic N) is 5. The number of anilines is 1. The van der Waals surface area contributed by atoms with E-state index in [0.717, 1.165) is 18.4 Å². The highest BCUT2D eigenvalue weighted by molar-refractivity contribution is 7.99. The van der Waals surface area contributed by atoms with Crippen LogP contribution < -0.4 is 4.90 Å². The minimum atomic E-state index is -0.485. The zero-order chi connectivity index (χ0) is 23.4. The smallest absolute Gasteiger partial charge is 0.269 e.